The molecule has 348 valence electrons. The Hall–Kier alpha value is 0.397. The molecule has 0 fully saturated rings. The molecule has 0 saturated carbocycles. The number of hydrogen-bond donors (Lipinski definition) is 0. The van der Waals surface area contributed by atoms with Crippen LogP contribution in [-0.2, 0) is 10.8 Å². The van der Waals surface area contributed by atoms with Gasteiger partial charge >= 0.3 is 237 Å². The number of fused-ring (bicyclic) bond motifs is 6. The van der Waals surface area contributed by atoms with Gasteiger partial charge in [0.15, 0.2) is 0 Å². The van der Waals surface area contributed by atoms with E-state index in [1.54, 1.807) is 47.5 Å². The smallest absolute Gasteiger partial charge is 0.0486 e. The molecular weight excluding hydrogens is 1040 g/mol. The fraction of sp³-hybridized carbons (Fsp3) is 0.714. The summed E-state index contributed by atoms with van der Waals surface area (Å²) >= 11 is 4.13. The fourth-order valence-electron chi connectivity index (χ4n) is 11.4. The third-order valence-corrected chi connectivity index (χ3v) is 38.7. The number of hydrogen-bond acceptors (Lipinski definition) is 4. The van der Waals surface area contributed by atoms with Crippen molar-refractivity contribution in [2.45, 2.75) is 224 Å². The van der Waals surface area contributed by atoms with E-state index >= 15 is 0 Å². The average Bonchev–Trinajstić information content (AvgIpc) is 4.10. The molecule has 0 N–H and O–H groups in total. The molecule has 4 heterocycles. The molecule has 2 aliphatic rings. The van der Waals surface area contributed by atoms with E-state index in [0.717, 1.165) is 23.7 Å². The second-order valence-electron chi connectivity index (χ2n) is 22.2. The maximum Gasteiger partial charge on any atom is 0.0486 e. The van der Waals surface area contributed by atoms with E-state index < -0.39 is 36.8 Å². The number of unbranched alkanes of at least 4 members (excludes halogenated alkanes) is 4. The predicted octanol–water partition coefficient (Wildman–Crippen LogP) is 19.7. The largest absolute Gasteiger partial charge is 0.143 e. The minimum absolute atomic E-state index is 0.269. The molecule has 0 saturated heterocycles. The number of rotatable bonds is 26. The summed E-state index contributed by atoms with van der Waals surface area (Å²) in [7, 11) is 0. The molecular formula is C56H92S4Sn2. The molecule has 0 amide bonds. The maximum absolute atomic E-state index is 2.78. The summed E-state index contributed by atoms with van der Waals surface area (Å²) in [6.45, 7) is 19.2. The summed E-state index contributed by atoms with van der Waals surface area (Å²) in [6.07, 6.45) is 27.3. The summed E-state index contributed by atoms with van der Waals surface area (Å²) in [4.78, 5) is 22.3. The van der Waals surface area contributed by atoms with Gasteiger partial charge < -0.3 is 0 Å². The Kier molecular flexibility index (Phi) is 20.7. The van der Waals surface area contributed by atoms with Crippen molar-refractivity contribution in [3.8, 4) is 19.5 Å². The minimum Gasteiger partial charge on any atom is -0.143 e. The van der Waals surface area contributed by atoms with Crippen LogP contribution < -0.4 is 5.79 Å². The summed E-state index contributed by atoms with van der Waals surface area (Å²) < 4.78 is 3.61. The van der Waals surface area contributed by atoms with Gasteiger partial charge in [-0.3, -0.25) is 0 Å². The van der Waals surface area contributed by atoms with Crippen LogP contribution in [0.25, 0.3) is 19.5 Å². The zero-order chi connectivity index (χ0) is 45.3. The molecule has 2 aliphatic carbocycles. The van der Waals surface area contributed by atoms with Crippen LogP contribution in [0.4, 0.5) is 0 Å². The Bertz CT molecular complexity index is 1780. The van der Waals surface area contributed by atoms with E-state index in [-0.39, 0.29) is 10.8 Å². The first-order valence-electron chi connectivity index (χ1n) is 26.1. The van der Waals surface area contributed by atoms with Crippen molar-refractivity contribution in [1.29, 1.82) is 0 Å². The molecule has 4 aromatic heterocycles. The van der Waals surface area contributed by atoms with Gasteiger partial charge in [-0.1, -0.05) is 79.1 Å². The van der Waals surface area contributed by atoms with Crippen molar-refractivity contribution < 1.29 is 0 Å². The third-order valence-electron chi connectivity index (χ3n) is 15.5. The summed E-state index contributed by atoms with van der Waals surface area (Å²) in [5, 5.41) is 4.70. The van der Waals surface area contributed by atoms with Gasteiger partial charge in [0.1, 0.15) is 0 Å². The van der Waals surface area contributed by atoms with Crippen molar-refractivity contribution in [3.63, 3.8) is 0 Å². The molecule has 6 heteroatoms. The van der Waals surface area contributed by atoms with Gasteiger partial charge in [-0.15, -0.1) is 22.7 Å². The van der Waals surface area contributed by atoms with Crippen molar-refractivity contribution >= 4 is 87.9 Å². The molecule has 4 aromatic rings. The van der Waals surface area contributed by atoms with Gasteiger partial charge in [-0.2, -0.15) is 0 Å². The zero-order valence-corrected chi connectivity index (χ0v) is 51.5. The van der Waals surface area contributed by atoms with Crippen LogP contribution in [0.15, 0.2) is 35.0 Å². The van der Waals surface area contributed by atoms with Gasteiger partial charge in [0.2, 0.25) is 0 Å². The maximum atomic E-state index is 2.78. The quantitative estimate of drug-likeness (QED) is 0.0550. The van der Waals surface area contributed by atoms with E-state index in [2.05, 4.69) is 143 Å². The van der Waals surface area contributed by atoms with Crippen LogP contribution in [-0.4, -0.2) is 36.8 Å². The molecule has 0 aliphatic heterocycles. The van der Waals surface area contributed by atoms with E-state index in [1.807, 2.05) is 22.7 Å². The minimum atomic E-state index is -2.14. The van der Waals surface area contributed by atoms with Crippen LogP contribution in [0.1, 0.15) is 206 Å². The molecule has 4 atom stereocenters. The zero-order valence-electron chi connectivity index (χ0n) is 42.5. The molecule has 4 unspecified atom stereocenters. The summed E-state index contributed by atoms with van der Waals surface area (Å²) in [5.74, 6) is 3.40. The van der Waals surface area contributed by atoms with Crippen molar-refractivity contribution in [2.24, 2.45) is 23.7 Å². The van der Waals surface area contributed by atoms with Gasteiger partial charge in [-0.25, -0.2) is 0 Å². The first-order valence-corrected chi connectivity index (χ1v) is 49.4. The molecule has 0 nitrogen and oxygen atoms in total. The van der Waals surface area contributed by atoms with Gasteiger partial charge in [0, 0.05) is 15.2 Å². The Balaban J connectivity index is 0.000000242. The molecule has 0 bridgehead atoms. The average molecular weight is 1130 g/mol. The Morgan fingerprint density at radius 3 is 0.968 bits per heavy atom. The fourth-order valence-corrected chi connectivity index (χ4v) is 26.6. The third kappa shape index (κ3) is 12.2. The Morgan fingerprint density at radius 1 is 0.419 bits per heavy atom. The molecule has 62 heavy (non-hydrogen) atoms. The first-order chi connectivity index (χ1) is 29.6. The molecule has 0 radical (unpaired) electrons. The summed E-state index contributed by atoms with van der Waals surface area (Å²) in [6, 6.07) is 10.5. The second kappa shape index (κ2) is 24.1. The second-order valence-corrected chi connectivity index (χ2v) is 56.9. The van der Waals surface area contributed by atoms with Crippen LogP contribution >= 0.6 is 45.3 Å². The van der Waals surface area contributed by atoms with Crippen molar-refractivity contribution in [2.75, 3.05) is 0 Å². The molecule has 0 aromatic carbocycles. The van der Waals surface area contributed by atoms with E-state index in [4.69, 9.17) is 0 Å². The summed E-state index contributed by atoms with van der Waals surface area (Å²) in [5.41, 5.74) is 7.48. The van der Waals surface area contributed by atoms with Crippen molar-refractivity contribution in [1.82, 2.24) is 0 Å². The van der Waals surface area contributed by atoms with E-state index in [0.29, 0.717) is 0 Å². The van der Waals surface area contributed by atoms with Gasteiger partial charge in [-0.05, 0) is 58.7 Å². The normalized spacial score (nSPS) is 16.9. The standard InChI is InChI=1S/C25H38S2.C25H36S2.6CH3.2Sn/c2*1-5-9-11-19(7-3)17-25(18-20(8-4)12-10-6-2)21-13-15-26-23(21)24-22(25)14-16-27-24;;;;;;;;/h13-16,19-20H,5-12,17-18H2,1-4H3;13-14,19-20H,5-12,17-18H2,1-4H3;6*1H3;;. The predicted molar refractivity (Wildman–Crippen MR) is 294 cm³/mol. The monoisotopic (exact) mass is 1130 g/mol. The van der Waals surface area contributed by atoms with Crippen LogP contribution in [0.5, 0.6) is 0 Å². The van der Waals surface area contributed by atoms with Gasteiger partial charge in [0.25, 0.3) is 0 Å². The first kappa shape index (κ1) is 53.4. The van der Waals surface area contributed by atoms with Crippen molar-refractivity contribution in [3.05, 3.63) is 57.3 Å². The van der Waals surface area contributed by atoms with Crippen LogP contribution in [0.2, 0.25) is 29.6 Å². The SMILES string of the molecule is CCCCC(CC)CC1(CC(CC)CCCC)c2c[c]([Sn]([CH3])([CH3])[CH3])sc2-c2s[c]([Sn]([CH3])([CH3])[CH3])cc21.CCCCC(CC)CC1(CC(CC)CCCC)c2ccsc2-c2sccc21. The van der Waals surface area contributed by atoms with Crippen LogP contribution in [0, 0.1) is 23.7 Å². The van der Waals surface area contributed by atoms with E-state index in [9.17, 15) is 0 Å². The Morgan fingerprint density at radius 2 is 0.710 bits per heavy atom. The topological polar surface area (TPSA) is 0 Å². The number of thiophene rings is 4. The van der Waals surface area contributed by atoms with Gasteiger partial charge in [0.05, 0.1) is 0 Å². The molecule has 6 rings (SSSR count). The molecule has 0 spiro atoms. The van der Waals surface area contributed by atoms with Crippen LogP contribution in [0.3, 0.4) is 0 Å². The Labute approximate surface area is 408 Å². The van der Waals surface area contributed by atoms with E-state index in [1.165, 1.54) is 128 Å².